The van der Waals surface area contributed by atoms with Gasteiger partial charge in [0.05, 0.1) is 6.54 Å². The van der Waals surface area contributed by atoms with Crippen LogP contribution in [0.25, 0.3) is 0 Å². The van der Waals surface area contributed by atoms with Crippen molar-refractivity contribution in [2.75, 3.05) is 27.7 Å². The van der Waals surface area contributed by atoms with Crippen molar-refractivity contribution in [3.8, 4) is 0 Å². The molecule has 128 valence electrons. The van der Waals surface area contributed by atoms with Crippen molar-refractivity contribution < 1.29 is 14.3 Å². The summed E-state index contributed by atoms with van der Waals surface area (Å²) in [4.78, 5) is 26.3. The van der Waals surface area contributed by atoms with Crippen LogP contribution in [0.3, 0.4) is 0 Å². The molecule has 2 rings (SSSR count). The Balaban J connectivity index is 2.18. The molecule has 1 aromatic heterocycles. The van der Waals surface area contributed by atoms with E-state index in [1.165, 1.54) is 5.01 Å². The zero-order valence-electron chi connectivity index (χ0n) is 14.6. The molecule has 1 N–H and O–H groups in total. The van der Waals surface area contributed by atoms with Gasteiger partial charge in [-0.25, -0.2) is 9.80 Å². The molecule has 0 spiro atoms. The Hall–Kier alpha value is -2.09. The molecular formula is C15H25N5O3. The van der Waals surface area contributed by atoms with E-state index in [-0.39, 0.29) is 12.0 Å². The van der Waals surface area contributed by atoms with Crippen LogP contribution >= 0.6 is 0 Å². The molecule has 1 aliphatic heterocycles. The molecular weight excluding hydrogens is 298 g/mol. The Morgan fingerprint density at radius 3 is 2.48 bits per heavy atom. The smallest absolute Gasteiger partial charge is 0.410 e. The molecule has 0 unspecified atom stereocenters. The number of ether oxygens (including phenoxy) is 1. The molecule has 23 heavy (non-hydrogen) atoms. The van der Waals surface area contributed by atoms with E-state index in [1.54, 1.807) is 31.1 Å². The van der Waals surface area contributed by atoms with Gasteiger partial charge < -0.3 is 9.64 Å². The van der Waals surface area contributed by atoms with Crippen LogP contribution in [-0.4, -0.2) is 70.4 Å². The number of amides is 2. The first kappa shape index (κ1) is 17.3. The Morgan fingerprint density at radius 1 is 1.26 bits per heavy atom. The second-order valence-electron chi connectivity index (χ2n) is 6.86. The highest BCUT2D eigenvalue weighted by Crippen LogP contribution is 2.23. The van der Waals surface area contributed by atoms with Gasteiger partial charge in [-0.05, 0) is 20.8 Å². The number of aromatic nitrogens is 2. The minimum Gasteiger partial charge on any atom is -0.444 e. The van der Waals surface area contributed by atoms with Gasteiger partial charge in [-0.15, -0.1) is 0 Å². The molecule has 8 heteroatoms. The molecule has 0 atom stereocenters. The first-order valence-corrected chi connectivity index (χ1v) is 7.59. The zero-order valence-corrected chi connectivity index (χ0v) is 14.6. The average Bonchev–Trinajstić information content (AvgIpc) is 2.86. The van der Waals surface area contributed by atoms with Crippen molar-refractivity contribution in [1.82, 2.24) is 25.1 Å². The quantitative estimate of drug-likeness (QED) is 0.829. The SMILES string of the molecule is CN(C)N(C)C(=O)c1n[nH]c2c1CN(C(=O)OC(C)(C)C)CC2. The standard InChI is InChI=1S/C15H25N5O3/c1-15(2,3)23-14(22)20-8-7-11-10(9-20)12(17-16-11)13(21)19(6)18(4)5/h7-9H2,1-6H3,(H,16,17). The lowest BCUT2D eigenvalue weighted by Gasteiger charge is -2.30. The number of hydrogen-bond donors (Lipinski definition) is 1. The van der Waals surface area contributed by atoms with E-state index in [4.69, 9.17) is 4.74 Å². The van der Waals surface area contributed by atoms with Crippen molar-refractivity contribution in [2.24, 2.45) is 0 Å². The largest absolute Gasteiger partial charge is 0.444 e. The molecule has 2 amide bonds. The highest BCUT2D eigenvalue weighted by molar-refractivity contribution is 5.93. The first-order valence-electron chi connectivity index (χ1n) is 7.59. The number of fused-ring (bicyclic) bond motifs is 1. The van der Waals surface area contributed by atoms with Gasteiger partial charge in [0.25, 0.3) is 5.91 Å². The van der Waals surface area contributed by atoms with E-state index in [2.05, 4.69) is 10.2 Å². The highest BCUT2D eigenvalue weighted by Gasteiger charge is 2.31. The number of hydrogen-bond acceptors (Lipinski definition) is 5. The molecule has 0 aliphatic carbocycles. The summed E-state index contributed by atoms with van der Waals surface area (Å²) in [5.41, 5.74) is 1.47. The lowest BCUT2D eigenvalue weighted by atomic mass is 10.1. The maximum absolute atomic E-state index is 12.5. The summed E-state index contributed by atoms with van der Waals surface area (Å²) < 4.78 is 5.41. The van der Waals surface area contributed by atoms with Crippen molar-refractivity contribution in [2.45, 2.75) is 39.3 Å². The van der Waals surface area contributed by atoms with Crippen LogP contribution in [0.5, 0.6) is 0 Å². The van der Waals surface area contributed by atoms with Crippen LogP contribution in [0.1, 0.15) is 42.5 Å². The van der Waals surface area contributed by atoms with Gasteiger partial charge in [0.15, 0.2) is 5.69 Å². The Morgan fingerprint density at radius 2 is 1.91 bits per heavy atom. The predicted molar refractivity (Wildman–Crippen MR) is 84.7 cm³/mol. The van der Waals surface area contributed by atoms with Crippen LogP contribution in [-0.2, 0) is 17.7 Å². The normalized spacial score (nSPS) is 14.7. The Bertz CT molecular complexity index is 603. The number of nitrogens with zero attached hydrogens (tertiary/aromatic N) is 4. The second-order valence-corrected chi connectivity index (χ2v) is 6.86. The van der Waals surface area contributed by atoms with Gasteiger partial charge in [0, 0.05) is 45.4 Å². The summed E-state index contributed by atoms with van der Waals surface area (Å²) in [6.07, 6.45) is 0.254. The zero-order chi connectivity index (χ0) is 17.4. The van der Waals surface area contributed by atoms with Crippen LogP contribution < -0.4 is 0 Å². The summed E-state index contributed by atoms with van der Waals surface area (Å²) in [5, 5.41) is 10.2. The summed E-state index contributed by atoms with van der Waals surface area (Å²) in [5.74, 6) is -0.210. The molecule has 1 aromatic rings. The maximum Gasteiger partial charge on any atom is 0.410 e. The van der Waals surface area contributed by atoms with Crippen molar-refractivity contribution in [1.29, 1.82) is 0 Å². The molecule has 2 heterocycles. The molecule has 1 aliphatic rings. The second kappa shape index (κ2) is 6.19. The number of aromatic amines is 1. The number of nitrogens with one attached hydrogen (secondary N) is 1. The molecule has 0 fully saturated rings. The molecule has 0 saturated carbocycles. The topological polar surface area (TPSA) is 81.8 Å². The number of H-pyrrole nitrogens is 1. The van der Waals surface area contributed by atoms with E-state index in [1.807, 2.05) is 20.8 Å². The van der Waals surface area contributed by atoms with E-state index >= 15 is 0 Å². The summed E-state index contributed by atoms with van der Waals surface area (Å²) >= 11 is 0. The van der Waals surface area contributed by atoms with Gasteiger partial charge in [-0.1, -0.05) is 0 Å². The van der Waals surface area contributed by atoms with Crippen LogP contribution in [0.4, 0.5) is 4.79 Å². The summed E-state index contributed by atoms with van der Waals surface area (Å²) in [6.45, 7) is 6.36. The van der Waals surface area contributed by atoms with Gasteiger partial charge in [-0.2, -0.15) is 5.10 Å². The van der Waals surface area contributed by atoms with Crippen LogP contribution in [0.2, 0.25) is 0 Å². The molecule has 0 aromatic carbocycles. The van der Waals surface area contributed by atoms with Gasteiger partial charge in [0.1, 0.15) is 5.60 Å². The third kappa shape index (κ3) is 3.82. The molecule has 8 nitrogen and oxygen atoms in total. The van der Waals surface area contributed by atoms with Gasteiger partial charge in [0.2, 0.25) is 0 Å². The van der Waals surface area contributed by atoms with E-state index < -0.39 is 5.60 Å². The number of carbonyl (C=O) groups is 2. The lowest BCUT2D eigenvalue weighted by Crippen LogP contribution is -2.41. The van der Waals surface area contributed by atoms with Crippen molar-refractivity contribution in [3.63, 3.8) is 0 Å². The number of hydrazine groups is 1. The first-order chi connectivity index (χ1) is 10.6. The molecule has 0 bridgehead atoms. The van der Waals surface area contributed by atoms with Gasteiger partial charge >= 0.3 is 6.09 Å². The number of carbonyl (C=O) groups excluding carboxylic acids is 2. The summed E-state index contributed by atoms with van der Waals surface area (Å²) in [6, 6.07) is 0. The van der Waals surface area contributed by atoms with Crippen molar-refractivity contribution >= 4 is 12.0 Å². The van der Waals surface area contributed by atoms with Gasteiger partial charge in [-0.3, -0.25) is 14.9 Å². The fourth-order valence-corrected chi connectivity index (χ4v) is 2.29. The van der Waals surface area contributed by atoms with Crippen LogP contribution in [0, 0.1) is 0 Å². The Kier molecular flexibility index (Phi) is 4.65. The number of rotatable bonds is 2. The maximum atomic E-state index is 12.5. The van der Waals surface area contributed by atoms with E-state index in [0.29, 0.717) is 25.2 Å². The Labute approximate surface area is 136 Å². The third-order valence-corrected chi connectivity index (χ3v) is 3.68. The van der Waals surface area contributed by atoms with Crippen LogP contribution in [0.15, 0.2) is 0 Å². The van der Waals surface area contributed by atoms with E-state index in [0.717, 1.165) is 11.3 Å². The minimum absolute atomic E-state index is 0.210. The fraction of sp³-hybridized carbons (Fsp3) is 0.667. The molecule has 0 saturated heterocycles. The third-order valence-electron chi connectivity index (χ3n) is 3.68. The summed E-state index contributed by atoms with van der Waals surface area (Å²) in [7, 11) is 5.24. The minimum atomic E-state index is -0.544. The average molecular weight is 323 g/mol. The monoisotopic (exact) mass is 323 g/mol. The molecule has 0 radical (unpaired) electrons. The van der Waals surface area contributed by atoms with E-state index in [9.17, 15) is 9.59 Å². The lowest BCUT2D eigenvalue weighted by molar-refractivity contribution is 0.0216. The highest BCUT2D eigenvalue weighted by atomic mass is 16.6. The predicted octanol–water partition coefficient (Wildman–Crippen LogP) is 1.25. The van der Waals surface area contributed by atoms with Crippen molar-refractivity contribution in [3.05, 3.63) is 17.0 Å². The fourth-order valence-electron chi connectivity index (χ4n) is 2.29.